The molecule has 2 heterocycles. The second-order valence-electron chi connectivity index (χ2n) is 7.61. The summed E-state index contributed by atoms with van der Waals surface area (Å²) in [6.07, 6.45) is -3.48. The molecule has 0 bridgehead atoms. The summed E-state index contributed by atoms with van der Waals surface area (Å²) >= 11 is 0. The molecular formula is C21H22F3N3O3. The van der Waals surface area contributed by atoms with Gasteiger partial charge in [0.1, 0.15) is 12.0 Å². The molecule has 160 valence electrons. The van der Waals surface area contributed by atoms with Gasteiger partial charge < -0.3 is 25.4 Å². The van der Waals surface area contributed by atoms with Gasteiger partial charge in [-0.2, -0.15) is 13.2 Å². The lowest BCUT2D eigenvalue weighted by Gasteiger charge is -2.38. The van der Waals surface area contributed by atoms with E-state index < -0.39 is 18.0 Å². The number of benzene rings is 2. The van der Waals surface area contributed by atoms with Crippen molar-refractivity contribution in [2.24, 2.45) is 5.92 Å². The molecule has 0 aromatic heterocycles. The highest BCUT2D eigenvalue weighted by Gasteiger charge is 2.32. The van der Waals surface area contributed by atoms with Crippen LogP contribution >= 0.6 is 0 Å². The van der Waals surface area contributed by atoms with Crippen molar-refractivity contribution < 1.29 is 27.8 Å². The Balaban J connectivity index is 1.22. The maximum Gasteiger partial charge on any atom is 0.416 e. The lowest BCUT2D eigenvalue weighted by molar-refractivity contribution is -0.137. The zero-order chi connectivity index (χ0) is 21.3. The van der Waals surface area contributed by atoms with Gasteiger partial charge in [-0.05, 0) is 60.9 Å². The number of aryl methyl sites for hydroxylation is 1. The molecule has 1 atom stereocenters. The third-order valence-corrected chi connectivity index (χ3v) is 5.28. The lowest BCUT2D eigenvalue weighted by atomic mass is 10.0. The second kappa shape index (κ2) is 8.06. The number of aliphatic hydroxyl groups excluding tert-OH is 1. The summed E-state index contributed by atoms with van der Waals surface area (Å²) in [7, 11) is 0. The van der Waals surface area contributed by atoms with Crippen LogP contribution in [0.2, 0.25) is 0 Å². The number of nitrogens with zero attached hydrogens (tertiary/aromatic N) is 1. The number of urea groups is 1. The maximum atomic E-state index is 12.6. The summed E-state index contributed by atoms with van der Waals surface area (Å²) in [4.78, 5) is 13.8. The molecule has 30 heavy (non-hydrogen) atoms. The van der Waals surface area contributed by atoms with Crippen molar-refractivity contribution in [2.45, 2.75) is 25.2 Å². The van der Waals surface area contributed by atoms with E-state index in [2.05, 4.69) is 10.6 Å². The molecule has 2 aliphatic heterocycles. The molecule has 3 N–H and O–H groups in total. The van der Waals surface area contributed by atoms with Crippen molar-refractivity contribution >= 4 is 17.4 Å². The Morgan fingerprint density at radius 2 is 1.93 bits per heavy atom. The largest absolute Gasteiger partial charge is 0.493 e. The minimum absolute atomic E-state index is 0.194. The first kappa shape index (κ1) is 20.3. The number of amides is 2. The summed E-state index contributed by atoms with van der Waals surface area (Å²) < 4.78 is 43.6. The monoisotopic (exact) mass is 421 g/mol. The third kappa shape index (κ3) is 4.62. The molecule has 0 aliphatic carbocycles. The van der Waals surface area contributed by atoms with Gasteiger partial charge in [-0.15, -0.1) is 0 Å². The molecule has 4 rings (SSSR count). The number of hydrogen-bond donors (Lipinski definition) is 3. The summed E-state index contributed by atoms with van der Waals surface area (Å²) in [5, 5.41) is 15.2. The van der Waals surface area contributed by atoms with Gasteiger partial charge in [0.2, 0.25) is 0 Å². The van der Waals surface area contributed by atoms with E-state index in [4.69, 9.17) is 4.74 Å². The van der Waals surface area contributed by atoms with Crippen LogP contribution in [0.4, 0.5) is 29.3 Å². The van der Waals surface area contributed by atoms with Crippen molar-refractivity contribution in [3.63, 3.8) is 0 Å². The first-order chi connectivity index (χ1) is 14.3. The number of likely N-dealkylation sites (tertiary alicyclic amines) is 1. The maximum absolute atomic E-state index is 12.6. The van der Waals surface area contributed by atoms with E-state index in [1.807, 2.05) is 18.2 Å². The number of carbonyl (C=O) groups excluding carboxylic acids is 1. The number of ether oxygens (including phenoxy) is 1. The van der Waals surface area contributed by atoms with Gasteiger partial charge in [-0.3, -0.25) is 0 Å². The van der Waals surface area contributed by atoms with E-state index in [1.165, 1.54) is 12.1 Å². The third-order valence-electron chi connectivity index (χ3n) is 5.28. The van der Waals surface area contributed by atoms with Gasteiger partial charge in [-0.25, -0.2) is 4.79 Å². The van der Waals surface area contributed by atoms with Gasteiger partial charge >= 0.3 is 12.2 Å². The fraction of sp³-hybridized carbons (Fsp3) is 0.381. The highest BCUT2D eigenvalue weighted by Crippen LogP contribution is 2.30. The van der Waals surface area contributed by atoms with Crippen LogP contribution in [0.1, 0.15) is 17.5 Å². The van der Waals surface area contributed by atoms with E-state index >= 15 is 0 Å². The number of hydrogen-bond acceptors (Lipinski definition) is 4. The Kier molecular flexibility index (Phi) is 5.46. The number of nitrogens with one attached hydrogen (secondary N) is 2. The number of fused-ring (bicyclic) bond motifs is 1. The van der Waals surface area contributed by atoms with Crippen LogP contribution in [-0.4, -0.2) is 42.0 Å². The summed E-state index contributed by atoms with van der Waals surface area (Å²) in [6.45, 7) is 1.51. The van der Waals surface area contributed by atoms with E-state index in [1.54, 1.807) is 4.90 Å². The topological polar surface area (TPSA) is 73.8 Å². The van der Waals surface area contributed by atoms with Gasteiger partial charge in [0.25, 0.3) is 0 Å². The van der Waals surface area contributed by atoms with Crippen LogP contribution in [0.3, 0.4) is 0 Å². The van der Waals surface area contributed by atoms with Crippen LogP contribution < -0.4 is 15.4 Å². The smallest absolute Gasteiger partial charge is 0.416 e. The lowest BCUT2D eigenvalue weighted by Crippen LogP contribution is -2.53. The molecule has 2 aromatic carbocycles. The molecule has 0 radical (unpaired) electrons. The minimum atomic E-state index is -4.40. The molecule has 2 aromatic rings. The summed E-state index contributed by atoms with van der Waals surface area (Å²) in [6, 6.07) is 9.71. The zero-order valence-corrected chi connectivity index (χ0v) is 16.1. The fourth-order valence-electron chi connectivity index (χ4n) is 3.55. The van der Waals surface area contributed by atoms with Crippen LogP contribution in [0.5, 0.6) is 5.75 Å². The van der Waals surface area contributed by atoms with E-state index in [0.717, 1.165) is 35.6 Å². The molecule has 2 aliphatic rings. The van der Waals surface area contributed by atoms with Crippen molar-refractivity contribution in [2.75, 3.05) is 30.3 Å². The predicted molar refractivity (Wildman–Crippen MR) is 105 cm³/mol. The Bertz CT molecular complexity index is 912. The molecule has 2 amide bonds. The Morgan fingerprint density at radius 1 is 1.20 bits per heavy atom. The average molecular weight is 421 g/mol. The summed E-state index contributed by atoms with van der Waals surface area (Å²) in [5.41, 5.74) is 1.58. The van der Waals surface area contributed by atoms with Gasteiger partial charge in [-0.1, -0.05) is 0 Å². The normalized spacial score (nSPS) is 18.8. The van der Waals surface area contributed by atoms with E-state index in [9.17, 15) is 23.1 Å². The highest BCUT2D eigenvalue weighted by molar-refractivity contribution is 5.89. The highest BCUT2D eigenvalue weighted by atomic mass is 19.4. The molecule has 0 saturated carbocycles. The Hall–Kier alpha value is -2.94. The number of halogens is 3. The number of anilines is 2. The van der Waals surface area contributed by atoms with E-state index in [-0.39, 0.29) is 11.9 Å². The van der Waals surface area contributed by atoms with Crippen LogP contribution in [0, 0.1) is 5.92 Å². The first-order valence-electron chi connectivity index (χ1n) is 9.71. The van der Waals surface area contributed by atoms with Crippen molar-refractivity contribution in [1.82, 2.24) is 4.90 Å². The van der Waals surface area contributed by atoms with Crippen molar-refractivity contribution in [1.29, 1.82) is 0 Å². The molecule has 1 fully saturated rings. The Morgan fingerprint density at radius 3 is 2.63 bits per heavy atom. The predicted octanol–water partition coefficient (Wildman–Crippen LogP) is 3.92. The quantitative estimate of drug-likeness (QED) is 0.700. The number of rotatable bonds is 4. The standard InChI is InChI=1S/C21H22F3N3O3/c22-21(23,24)15-2-4-16(5-3-15)25-20(29)27-10-13(11-27)12-30-17-6-7-18-14(9-17)1-8-19(28)26-18/h2-7,9,13,19,26,28H,1,8,10-12H2,(H,25,29). The van der Waals surface area contributed by atoms with Crippen LogP contribution in [0.25, 0.3) is 0 Å². The molecule has 1 unspecified atom stereocenters. The van der Waals surface area contributed by atoms with E-state index in [0.29, 0.717) is 31.8 Å². The molecule has 6 nitrogen and oxygen atoms in total. The first-order valence-corrected chi connectivity index (χ1v) is 9.71. The fourth-order valence-corrected chi connectivity index (χ4v) is 3.55. The SMILES string of the molecule is O=C(Nc1ccc(C(F)(F)F)cc1)N1CC(COc2ccc3c(c2)CCC(O)N3)C1. The van der Waals surface area contributed by atoms with Gasteiger partial charge in [0, 0.05) is 30.4 Å². The molecular weight excluding hydrogens is 399 g/mol. The van der Waals surface area contributed by atoms with Gasteiger partial charge in [0.05, 0.1) is 12.2 Å². The molecule has 9 heteroatoms. The number of aliphatic hydroxyl groups is 1. The zero-order valence-electron chi connectivity index (χ0n) is 16.1. The second-order valence-corrected chi connectivity index (χ2v) is 7.61. The minimum Gasteiger partial charge on any atom is -0.493 e. The number of carbonyl (C=O) groups is 1. The molecule has 1 saturated heterocycles. The number of alkyl halides is 3. The Labute approximate surface area is 171 Å². The van der Waals surface area contributed by atoms with Crippen molar-refractivity contribution in [3.8, 4) is 5.75 Å². The van der Waals surface area contributed by atoms with Crippen LogP contribution in [-0.2, 0) is 12.6 Å². The van der Waals surface area contributed by atoms with Gasteiger partial charge in [0.15, 0.2) is 0 Å². The molecule has 0 spiro atoms. The van der Waals surface area contributed by atoms with Crippen molar-refractivity contribution in [3.05, 3.63) is 53.6 Å². The summed E-state index contributed by atoms with van der Waals surface area (Å²) in [5.74, 6) is 0.943. The average Bonchev–Trinajstić information content (AvgIpc) is 2.66. The van der Waals surface area contributed by atoms with Crippen LogP contribution in [0.15, 0.2) is 42.5 Å².